The molecule has 0 saturated carbocycles. The van der Waals surface area contributed by atoms with Gasteiger partial charge in [0.25, 0.3) is 0 Å². The molecule has 2 N–H and O–H groups in total. The number of ether oxygens (including phenoxy) is 3. The number of amides is 2. The summed E-state index contributed by atoms with van der Waals surface area (Å²) >= 11 is 0. The maximum atomic E-state index is 11.9. The van der Waals surface area contributed by atoms with Gasteiger partial charge in [0.1, 0.15) is 24.7 Å². The number of hydrogen-bond donors (Lipinski definition) is 2. The second kappa shape index (κ2) is 11.1. The van der Waals surface area contributed by atoms with Gasteiger partial charge in [0.2, 0.25) is 11.8 Å². The van der Waals surface area contributed by atoms with Crippen LogP contribution in [0.15, 0.2) is 36.4 Å². The number of rotatable bonds is 10. The molecule has 2 aromatic rings. The smallest absolute Gasteiger partial charge is 0.246 e. The van der Waals surface area contributed by atoms with Crippen molar-refractivity contribution in [1.29, 1.82) is 0 Å². The van der Waals surface area contributed by atoms with E-state index in [4.69, 9.17) is 14.2 Å². The Hall–Kier alpha value is -3.06. The molecule has 29 heavy (non-hydrogen) atoms. The minimum atomic E-state index is -0.290. The van der Waals surface area contributed by atoms with Crippen LogP contribution in [0.25, 0.3) is 0 Å². The molecule has 2 rings (SSSR count). The molecule has 0 unspecified atom stereocenters. The summed E-state index contributed by atoms with van der Waals surface area (Å²) in [5.41, 5.74) is 3.96. The lowest BCUT2D eigenvalue weighted by Crippen LogP contribution is -2.31. The average Bonchev–Trinajstić information content (AvgIpc) is 2.69. The number of benzene rings is 2. The van der Waals surface area contributed by atoms with Crippen LogP contribution in [0.5, 0.6) is 11.5 Å². The SMILES string of the molecule is COc1cc(C)cc(CNC(=O)COCC(=O)NCc2cc(C)cc(OC)c2)c1. The molecule has 0 aliphatic carbocycles. The average molecular weight is 400 g/mol. The third kappa shape index (κ3) is 7.83. The van der Waals surface area contributed by atoms with Crippen LogP contribution in [0.2, 0.25) is 0 Å². The van der Waals surface area contributed by atoms with Gasteiger partial charge in [-0.1, -0.05) is 12.1 Å². The van der Waals surface area contributed by atoms with Gasteiger partial charge in [0.05, 0.1) is 14.2 Å². The van der Waals surface area contributed by atoms with Crippen LogP contribution in [0.4, 0.5) is 0 Å². The maximum Gasteiger partial charge on any atom is 0.246 e. The number of aryl methyl sites for hydroxylation is 2. The molecule has 7 heteroatoms. The minimum Gasteiger partial charge on any atom is -0.497 e. The van der Waals surface area contributed by atoms with E-state index < -0.39 is 0 Å². The summed E-state index contributed by atoms with van der Waals surface area (Å²) in [7, 11) is 3.21. The monoisotopic (exact) mass is 400 g/mol. The van der Waals surface area contributed by atoms with Crippen molar-refractivity contribution in [3.63, 3.8) is 0 Å². The fraction of sp³-hybridized carbons (Fsp3) is 0.364. The first-order valence-electron chi connectivity index (χ1n) is 9.30. The molecular weight excluding hydrogens is 372 g/mol. The topological polar surface area (TPSA) is 85.9 Å². The summed E-state index contributed by atoms with van der Waals surface area (Å²) in [5, 5.41) is 5.53. The van der Waals surface area contributed by atoms with Crippen molar-refractivity contribution < 1.29 is 23.8 Å². The number of carbonyl (C=O) groups is 2. The molecule has 0 fully saturated rings. The molecule has 0 bridgehead atoms. The quantitative estimate of drug-likeness (QED) is 0.639. The van der Waals surface area contributed by atoms with Gasteiger partial charge < -0.3 is 24.8 Å². The van der Waals surface area contributed by atoms with Gasteiger partial charge in [0, 0.05) is 13.1 Å². The maximum absolute atomic E-state index is 11.9. The van der Waals surface area contributed by atoms with E-state index in [1.54, 1.807) is 14.2 Å². The Bertz CT molecular complexity index is 782. The van der Waals surface area contributed by atoms with Gasteiger partial charge in [-0.25, -0.2) is 0 Å². The Morgan fingerprint density at radius 2 is 1.14 bits per heavy atom. The molecule has 7 nitrogen and oxygen atoms in total. The predicted octanol–water partition coefficient (Wildman–Crippen LogP) is 2.27. The highest BCUT2D eigenvalue weighted by Gasteiger charge is 2.07. The second-order valence-electron chi connectivity index (χ2n) is 6.76. The molecule has 0 aromatic heterocycles. The number of methoxy groups -OCH3 is 2. The number of carbonyl (C=O) groups excluding carboxylic acids is 2. The van der Waals surface area contributed by atoms with E-state index in [2.05, 4.69) is 10.6 Å². The molecule has 0 atom stereocenters. The highest BCUT2D eigenvalue weighted by Crippen LogP contribution is 2.17. The minimum absolute atomic E-state index is 0.186. The molecule has 0 heterocycles. The van der Waals surface area contributed by atoms with Crippen LogP contribution in [0.3, 0.4) is 0 Å². The van der Waals surface area contributed by atoms with Crippen molar-refractivity contribution in [3.8, 4) is 11.5 Å². The third-order valence-corrected chi connectivity index (χ3v) is 4.14. The molecular formula is C22H28N2O5. The Balaban J connectivity index is 1.68. The fourth-order valence-electron chi connectivity index (χ4n) is 2.83. The van der Waals surface area contributed by atoms with Gasteiger partial charge in [-0.3, -0.25) is 9.59 Å². The lowest BCUT2D eigenvalue weighted by atomic mass is 10.1. The molecule has 0 aliphatic heterocycles. The first kappa shape index (κ1) is 22.2. The second-order valence-corrected chi connectivity index (χ2v) is 6.76. The summed E-state index contributed by atoms with van der Waals surface area (Å²) in [4.78, 5) is 23.8. The summed E-state index contributed by atoms with van der Waals surface area (Å²) in [5.74, 6) is 0.908. The van der Waals surface area contributed by atoms with Crippen LogP contribution in [-0.4, -0.2) is 39.2 Å². The lowest BCUT2D eigenvalue weighted by Gasteiger charge is -2.10. The number of hydrogen-bond acceptors (Lipinski definition) is 5. The summed E-state index contributed by atoms with van der Waals surface area (Å²) in [6, 6.07) is 11.5. The van der Waals surface area contributed by atoms with Crippen molar-refractivity contribution in [1.82, 2.24) is 10.6 Å². The first-order chi connectivity index (χ1) is 13.9. The van der Waals surface area contributed by atoms with E-state index in [-0.39, 0.29) is 25.0 Å². The predicted molar refractivity (Wildman–Crippen MR) is 110 cm³/mol. The van der Waals surface area contributed by atoms with Gasteiger partial charge >= 0.3 is 0 Å². The summed E-state index contributed by atoms with van der Waals surface area (Å²) in [6.07, 6.45) is 0. The van der Waals surface area contributed by atoms with Crippen LogP contribution >= 0.6 is 0 Å². The Morgan fingerprint density at radius 1 is 0.724 bits per heavy atom. The molecule has 2 amide bonds. The molecule has 0 aliphatic rings. The zero-order valence-electron chi connectivity index (χ0n) is 17.3. The molecule has 156 valence electrons. The van der Waals surface area contributed by atoms with Crippen molar-refractivity contribution in [2.45, 2.75) is 26.9 Å². The standard InChI is InChI=1S/C22H28N2O5/c1-15-5-17(9-19(7-15)27-3)11-23-21(25)13-29-14-22(26)24-12-18-6-16(2)8-20(10-18)28-4/h5-10H,11-14H2,1-4H3,(H,23,25)(H,24,26). The van der Waals surface area contributed by atoms with Crippen LogP contribution < -0.4 is 20.1 Å². The third-order valence-electron chi connectivity index (χ3n) is 4.14. The van der Waals surface area contributed by atoms with Gasteiger partial charge in [0.15, 0.2) is 0 Å². The van der Waals surface area contributed by atoms with Crippen LogP contribution in [0, 0.1) is 13.8 Å². The van der Waals surface area contributed by atoms with Crippen molar-refractivity contribution in [2.24, 2.45) is 0 Å². The number of nitrogens with one attached hydrogen (secondary N) is 2. The van der Waals surface area contributed by atoms with Gasteiger partial charge in [-0.15, -0.1) is 0 Å². The van der Waals surface area contributed by atoms with Crippen molar-refractivity contribution >= 4 is 11.8 Å². The summed E-state index contributed by atoms with van der Waals surface area (Å²) in [6.45, 7) is 4.28. The van der Waals surface area contributed by atoms with Gasteiger partial charge in [-0.2, -0.15) is 0 Å². The van der Waals surface area contributed by atoms with E-state index in [0.717, 1.165) is 33.8 Å². The Kier molecular flexibility index (Phi) is 8.48. The zero-order chi connectivity index (χ0) is 21.2. The van der Waals surface area contributed by atoms with Crippen molar-refractivity contribution in [3.05, 3.63) is 58.7 Å². The van der Waals surface area contributed by atoms with Crippen LogP contribution in [-0.2, 0) is 27.4 Å². The van der Waals surface area contributed by atoms with E-state index in [0.29, 0.717) is 13.1 Å². The van der Waals surface area contributed by atoms with E-state index >= 15 is 0 Å². The van der Waals surface area contributed by atoms with Crippen molar-refractivity contribution in [2.75, 3.05) is 27.4 Å². The molecule has 0 spiro atoms. The zero-order valence-corrected chi connectivity index (χ0v) is 17.3. The van der Waals surface area contributed by atoms with Gasteiger partial charge in [-0.05, 0) is 60.4 Å². The van der Waals surface area contributed by atoms with E-state index in [9.17, 15) is 9.59 Å². The first-order valence-corrected chi connectivity index (χ1v) is 9.30. The highest BCUT2D eigenvalue weighted by molar-refractivity contribution is 5.79. The van der Waals surface area contributed by atoms with E-state index in [1.807, 2.05) is 50.2 Å². The van der Waals surface area contributed by atoms with Crippen LogP contribution in [0.1, 0.15) is 22.3 Å². The summed E-state index contributed by atoms with van der Waals surface area (Å²) < 4.78 is 15.6. The normalized spacial score (nSPS) is 10.3. The Morgan fingerprint density at radius 3 is 1.52 bits per heavy atom. The largest absolute Gasteiger partial charge is 0.497 e. The highest BCUT2D eigenvalue weighted by atomic mass is 16.5. The lowest BCUT2D eigenvalue weighted by molar-refractivity contribution is -0.131. The Labute approximate surface area is 171 Å². The van der Waals surface area contributed by atoms with E-state index in [1.165, 1.54) is 0 Å². The molecule has 2 aromatic carbocycles. The molecule has 0 radical (unpaired) electrons. The molecule has 0 saturated heterocycles. The fourth-order valence-corrected chi connectivity index (χ4v) is 2.83.